The summed E-state index contributed by atoms with van der Waals surface area (Å²) < 4.78 is 4.76. The first-order chi connectivity index (χ1) is 22.9. The van der Waals surface area contributed by atoms with Crippen LogP contribution >= 0.6 is 11.6 Å². The average Bonchev–Trinajstić information content (AvgIpc) is 3.74. The molecule has 0 atom stereocenters. The molecule has 4 rings (SSSR count). The number of nitrogens with two attached hydrogens (primary N) is 2. The monoisotopic (exact) mass is 677 g/mol. The van der Waals surface area contributed by atoms with E-state index in [0.29, 0.717) is 34.9 Å². The summed E-state index contributed by atoms with van der Waals surface area (Å²) in [5.41, 5.74) is 17.3. The molecule has 8 N–H and O–H groups in total. The summed E-state index contributed by atoms with van der Waals surface area (Å²) in [6.07, 6.45) is 5.73. The van der Waals surface area contributed by atoms with Crippen LogP contribution < -0.4 is 37.9 Å². The Morgan fingerprint density at radius 2 is 1.33 bits per heavy atom. The van der Waals surface area contributed by atoms with E-state index in [4.69, 9.17) is 23.1 Å². The van der Waals surface area contributed by atoms with Crippen LogP contribution in [0.4, 0.5) is 17.1 Å². The molecule has 0 saturated heterocycles. The number of nitrogens with one attached hydrogen (secondary N) is 4. The Balaban J connectivity index is 1.44. The van der Waals surface area contributed by atoms with Crippen LogP contribution in [0, 0.1) is 0 Å². The summed E-state index contributed by atoms with van der Waals surface area (Å²) in [5.74, 6) is -1.35. The highest BCUT2D eigenvalue weighted by atomic mass is 35.5. The largest absolute Gasteiger partial charge is 0.370 e. The van der Waals surface area contributed by atoms with Crippen LogP contribution in [0.3, 0.4) is 0 Å². The number of hydrazine groups is 1. The minimum atomic E-state index is -0.448. The topological polar surface area (TPSA) is 199 Å². The third kappa shape index (κ3) is 8.63. The van der Waals surface area contributed by atoms with Crippen LogP contribution in [0.1, 0.15) is 54.3 Å². The number of nitrogens with zero attached hydrogens (tertiary/aromatic N) is 5. The quantitative estimate of drug-likeness (QED) is 0.0386. The zero-order chi connectivity index (χ0) is 35.0. The molecule has 0 saturated carbocycles. The summed E-state index contributed by atoms with van der Waals surface area (Å²) in [5, 5.41) is 9.68. The lowest BCUT2D eigenvalue weighted by molar-refractivity contribution is 0.0943. The van der Waals surface area contributed by atoms with Gasteiger partial charge in [0.15, 0.2) is 5.96 Å². The fraction of sp³-hybridized carbons (Fsp3) is 0.281. The number of carbonyl (C=O) groups excluding carboxylic acids is 4. The van der Waals surface area contributed by atoms with E-state index in [0.717, 1.165) is 12.0 Å². The van der Waals surface area contributed by atoms with Gasteiger partial charge in [-0.3, -0.25) is 24.2 Å². The first-order valence-electron chi connectivity index (χ1n) is 15.1. The molecule has 48 heavy (non-hydrogen) atoms. The summed E-state index contributed by atoms with van der Waals surface area (Å²) >= 11 is 5.91. The number of rotatable bonds is 14. The number of alkyl halides is 1. The van der Waals surface area contributed by atoms with E-state index in [1.165, 1.54) is 11.1 Å². The first-order valence-corrected chi connectivity index (χ1v) is 15.6. The molecule has 1 aromatic carbocycles. The van der Waals surface area contributed by atoms with Gasteiger partial charge in [0, 0.05) is 64.3 Å². The van der Waals surface area contributed by atoms with Gasteiger partial charge < -0.3 is 41.1 Å². The van der Waals surface area contributed by atoms with Crippen molar-refractivity contribution in [1.29, 1.82) is 0 Å². The van der Waals surface area contributed by atoms with Gasteiger partial charge in [0.25, 0.3) is 23.6 Å². The van der Waals surface area contributed by atoms with Gasteiger partial charge in [0.2, 0.25) is 0 Å². The number of anilines is 3. The number of halogens is 1. The van der Waals surface area contributed by atoms with Crippen LogP contribution in [-0.2, 0) is 27.6 Å². The molecule has 16 heteroatoms. The number of hydrogen-bond acceptors (Lipinski definition) is 6. The number of guanidine groups is 1. The number of amides is 4. The van der Waals surface area contributed by atoms with E-state index in [1.807, 2.05) is 19.1 Å². The Morgan fingerprint density at radius 1 is 0.792 bits per heavy atom. The van der Waals surface area contributed by atoms with Crippen molar-refractivity contribution in [3.05, 3.63) is 89.3 Å². The number of aromatic nitrogens is 3. The second kappa shape index (κ2) is 15.8. The predicted molar refractivity (Wildman–Crippen MR) is 187 cm³/mol. The van der Waals surface area contributed by atoms with Crippen molar-refractivity contribution in [3.63, 3.8) is 0 Å². The van der Waals surface area contributed by atoms with Crippen LogP contribution in [-0.4, -0.2) is 68.8 Å². The van der Waals surface area contributed by atoms with Crippen LogP contribution in [0.2, 0.25) is 0 Å². The number of carbonyl (C=O) groups is 4. The zero-order valence-electron chi connectivity index (χ0n) is 27.2. The second-order valence-corrected chi connectivity index (χ2v) is 11.3. The van der Waals surface area contributed by atoms with Crippen LogP contribution in [0.25, 0.3) is 0 Å². The van der Waals surface area contributed by atoms with E-state index in [1.54, 1.807) is 77.7 Å². The predicted octanol–water partition coefficient (Wildman–Crippen LogP) is 2.16. The molecule has 4 aromatic rings. The minimum absolute atomic E-state index is 0.0640. The molecule has 0 radical (unpaired) electrons. The standard InChI is InChI=1S/C32H40ClN11O4/c1-5-20-6-8-21(9-7-20)31(48)44(38-11-10-33)24-16-27(43(4)19-24)30(47)40-23-15-26(42(3)18-23)29(46)39-22-14-25(41(2)17-22)28(45)36-12-13-37-32(34)35/h6-9,14-19,38H,5,10-13H2,1-4H3,(H,36,45)(H,39,46)(H,40,47)(H4,34,35,37). The summed E-state index contributed by atoms with van der Waals surface area (Å²) in [7, 11) is 5.05. The lowest BCUT2D eigenvalue weighted by atomic mass is 10.1. The van der Waals surface area contributed by atoms with Crippen molar-refractivity contribution < 1.29 is 19.2 Å². The Morgan fingerprint density at radius 3 is 1.88 bits per heavy atom. The molecule has 0 aliphatic carbocycles. The lowest BCUT2D eigenvalue weighted by Crippen LogP contribution is -2.44. The number of aryl methyl sites for hydroxylation is 4. The van der Waals surface area contributed by atoms with Crippen molar-refractivity contribution in [3.8, 4) is 0 Å². The zero-order valence-corrected chi connectivity index (χ0v) is 28.0. The summed E-state index contributed by atoms with van der Waals surface area (Å²) in [4.78, 5) is 56.3. The molecule has 0 aliphatic rings. The third-order valence-electron chi connectivity index (χ3n) is 7.34. The van der Waals surface area contributed by atoms with Gasteiger partial charge in [-0.15, -0.1) is 11.6 Å². The molecular weight excluding hydrogens is 638 g/mol. The third-order valence-corrected chi connectivity index (χ3v) is 7.53. The van der Waals surface area contributed by atoms with Gasteiger partial charge in [-0.1, -0.05) is 19.1 Å². The Labute approximate surface area is 282 Å². The Kier molecular flexibility index (Phi) is 11.7. The summed E-state index contributed by atoms with van der Waals surface area (Å²) in [6, 6.07) is 12.0. The van der Waals surface area contributed by atoms with E-state index < -0.39 is 11.8 Å². The average molecular weight is 678 g/mol. The molecule has 0 unspecified atom stereocenters. The van der Waals surface area contributed by atoms with Gasteiger partial charge in [0.1, 0.15) is 17.1 Å². The van der Waals surface area contributed by atoms with Gasteiger partial charge in [0.05, 0.1) is 23.6 Å². The fourth-order valence-electron chi connectivity index (χ4n) is 4.89. The summed E-state index contributed by atoms with van der Waals surface area (Å²) in [6.45, 7) is 2.83. The maximum absolute atomic E-state index is 13.4. The highest BCUT2D eigenvalue weighted by Crippen LogP contribution is 2.22. The second-order valence-electron chi connectivity index (χ2n) is 10.9. The highest BCUT2D eigenvalue weighted by molar-refractivity contribution is 6.18. The molecular formula is C32H40ClN11O4. The van der Waals surface area contributed by atoms with Crippen molar-refractivity contribution in [1.82, 2.24) is 24.4 Å². The maximum atomic E-state index is 13.4. The van der Waals surface area contributed by atoms with Gasteiger partial charge in [-0.05, 0) is 42.3 Å². The Bertz CT molecular complexity index is 1820. The van der Waals surface area contributed by atoms with E-state index >= 15 is 0 Å². The van der Waals surface area contributed by atoms with Gasteiger partial charge >= 0.3 is 0 Å². The number of aliphatic imine (C=N–C) groups is 1. The molecule has 254 valence electrons. The van der Waals surface area contributed by atoms with Crippen molar-refractivity contribution in [2.24, 2.45) is 37.6 Å². The van der Waals surface area contributed by atoms with Gasteiger partial charge in [-0.2, -0.15) is 0 Å². The van der Waals surface area contributed by atoms with E-state index in [9.17, 15) is 19.2 Å². The molecule has 3 aromatic heterocycles. The van der Waals surface area contributed by atoms with Gasteiger partial charge in [-0.25, -0.2) is 10.4 Å². The Hall–Kier alpha value is -5.54. The van der Waals surface area contributed by atoms with Crippen LogP contribution in [0.15, 0.2) is 66.0 Å². The molecule has 15 nitrogen and oxygen atoms in total. The van der Waals surface area contributed by atoms with E-state index in [-0.39, 0.29) is 48.1 Å². The fourth-order valence-corrected chi connectivity index (χ4v) is 4.98. The molecule has 0 bridgehead atoms. The van der Waals surface area contributed by atoms with Crippen molar-refractivity contribution in [2.75, 3.05) is 41.2 Å². The molecule has 0 aliphatic heterocycles. The highest BCUT2D eigenvalue weighted by Gasteiger charge is 2.23. The normalized spacial score (nSPS) is 10.8. The molecule has 0 fully saturated rings. The SMILES string of the molecule is CCc1ccc(C(=O)N(NCCCl)c2cc(C(=O)Nc3cc(C(=O)Nc4cc(C(=O)NCCN=C(N)N)n(C)c4)n(C)c3)n(C)c2)cc1. The first kappa shape index (κ1) is 35.3. The lowest BCUT2D eigenvalue weighted by Gasteiger charge is -2.22. The minimum Gasteiger partial charge on any atom is -0.370 e. The number of hydrogen-bond donors (Lipinski definition) is 6. The molecule has 4 amide bonds. The smallest absolute Gasteiger partial charge is 0.272 e. The molecule has 3 heterocycles. The van der Waals surface area contributed by atoms with Crippen LogP contribution in [0.5, 0.6) is 0 Å². The maximum Gasteiger partial charge on any atom is 0.272 e. The van der Waals surface area contributed by atoms with E-state index in [2.05, 4.69) is 26.4 Å². The van der Waals surface area contributed by atoms with Crippen molar-refractivity contribution >= 4 is 58.3 Å². The molecule has 0 spiro atoms. The van der Waals surface area contributed by atoms with Crippen molar-refractivity contribution in [2.45, 2.75) is 13.3 Å². The number of benzene rings is 1.